The van der Waals surface area contributed by atoms with Gasteiger partial charge in [0.05, 0.1) is 31.2 Å². The summed E-state index contributed by atoms with van der Waals surface area (Å²) in [6, 6.07) is 14.7. The van der Waals surface area contributed by atoms with Gasteiger partial charge in [-0.2, -0.15) is 0 Å². The molecule has 1 saturated heterocycles. The van der Waals surface area contributed by atoms with E-state index in [4.69, 9.17) is 14.5 Å². The van der Waals surface area contributed by atoms with Gasteiger partial charge in [0.2, 0.25) is 0 Å². The number of pyridine rings is 1. The van der Waals surface area contributed by atoms with Gasteiger partial charge in [-0.1, -0.05) is 30.3 Å². The summed E-state index contributed by atoms with van der Waals surface area (Å²) >= 11 is 0. The van der Waals surface area contributed by atoms with Crippen molar-refractivity contribution >= 4 is 26.7 Å². The van der Waals surface area contributed by atoms with Crippen molar-refractivity contribution in [2.75, 3.05) is 49.1 Å². The van der Waals surface area contributed by atoms with Gasteiger partial charge in [0.15, 0.2) is 0 Å². The zero-order chi connectivity index (χ0) is 20.3. The maximum absolute atomic E-state index is 6.01. The first-order valence-corrected chi connectivity index (χ1v) is 13.1. The number of hydrogen-bond donors (Lipinski definition) is 0. The fourth-order valence-corrected chi connectivity index (χ4v) is 3.98. The largest absolute Gasteiger partial charge is 0.370 e. The number of benzene rings is 1. The van der Waals surface area contributed by atoms with Gasteiger partial charge in [0, 0.05) is 30.4 Å². The number of aromatic nitrogens is 2. The standard InChI is InChI=1S/C23H31N3O2S/c1-29(2,3)12-11-27-18-25-10-9-20-13-21(14-24-23(20)25)26-15-22(16-26)28-17-19-7-5-4-6-8-19/h4-10,13-14,22H,11-12,15-18H2,1-3H3. The van der Waals surface area contributed by atoms with Crippen molar-refractivity contribution < 1.29 is 9.47 Å². The second kappa shape index (κ2) is 8.78. The molecule has 0 spiro atoms. The maximum atomic E-state index is 6.01. The van der Waals surface area contributed by atoms with Crippen molar-refractivity contribution in [2.24, 2.45) is 0 Å². The second-order valence-corrected chi connectivity index (χ2v) is 13.1. The summed E-state index contributed by atoms with van der Waals surface area (Å²) in [4.78, 5) is 7.02. The van der Waals surface area contributed by atoms with Crippen LogP contribution in [0.1, 0.15) is 5.56 Å². The Morgan fingerprint density at radius 2 is 1.90 bits per heavy atom. The van der Waals surface area contributed by atoms with Crippen molar-refractivity contribution in [1.82, 2.24) is 9.55 Å². The smallest absolute Gasteiger partial charge is 0.141 e. The highest BCUT2D eigenvalue weighted by Crippen LogP contribution is 2.33. The molecular weight excluding hydrogens is 382 g/mol. The molecule has 156 valence electrons. The molecule has 0 N–H and O–H groups in total. The van der Waals surface area contributed by atoms with Crippen LogP contribution in [0, 0.1) is 0 Å². The van der Waals surface area contributed by atoms with Gasteiger partial charge in [0.25, 0.3) is 0 Å². The predicted octanol–water partition coefficient (Wildman–Crippen LogP) is 4.11. The second-order valence-electron chi connectivity index (χ2n) is 8.55. The molecule has 1 aromatic carbocycles. The first-order valence-electron chi connectivity index (χ1n) is 10.1. The molecule has 3 heterocycles. The summed E-state index contributed by atoms with van der Waals surface area (Å²) in [5.74, 6) is 1.13. The molecular formula is C23H31N3O2S. The lowest BCUT2D eigenvalue weighted by Gasteiger charge is -2.40. The molecule has 1 fully saturated rings. The minimum Gasteiger partial charge on any atom is -0.370 e. The minimum atomic E-state index is -0.510. The van der Waals surface area contributed by atoms with Crippen LogP contribution in [-0.4, -0.2) is 59.9 Å². The lowest BCUT2D eigenvalue weighted by Crippen LogP contribution is -2.52. The molecule has 0 bridgehead atoms. The number of rotatable bonds is 9. The van der Waals surface area contributed by atoms with Crippen LogP contribution in [0.2, 0.25) is 0 Å². The number of fused-ring (bicyclic) bond motifs is 1. The third-order valence-electron chi connectivity index (χ3n) is 5.20. The van der Waals surface area contributed by atoms with Crippen molar-refractivity contribution in [2.45, 2.75) is 19.4 Å². The third kappa shape index (κ3) is 5.32. The lowest BCUT2D eigenvalue weighted by atomic mass is 10.1. The quantitative estimate of drug-likeness (QED) is 0.495. The molecule has 0 radical (unpaired) electrons. The Balaban J connectivity index is 1.28. The number of ether oxygens (including phenoxy) is 2. The Hall–Kier alpha value is -2.02. The van der Waals surface area contributed by atoms with Crippen LogP contribution in [-0.2, 0) is 22.8 Å². The van der Waals surface area contributed by atoms with E-state index >= 15 is 0 Å². The number of hydrogen-bond acceptors (Lipinski definition) is 4. The molecule has 0 amide bonds. The summed E-state index contributed by atoms with van der Waals surface area (Å²) in [7, 11) is -0.510. The van der Waals surface area contributed by atoms with Crippen LogP contribution in [0.15, 0.2) is 54.9 Å². The van der Waals surface area contributed by atoms with E-state index in [0.717, 1.165) is 42.2 Å². The molecule has 6 heteroatoms. The zero-order valence-corrected chi connectivity index (χ0v) is 18.4. The average molecular weight is 414 g/mol. The van der Waals surface area contributed by atoms with Crippen molar-refractivity contribution in [3.05, 3.63) is 60.4 Å². The minimum absolute atomic E-state index is 0.286. The van der Waals surface area contributed by atoms with Crippen LogP contribution in [0.25, 0.3) is 11.0 Å². The van der Waals surface area contributed by atoms with Gasteiger partial charge in [0.1, 0.15) is 12.4 Å². The van der Waals surface area contributed by atoms with E-state index in [0.29, 0.717) is 13.3 Å². The topological polar surface area (TPSA) is 39.5 Å². The summed E-state index contributed by atoms with van der Waals surface area (Å²) in [6.45, 7) is 3.87. The summed E-state index contributed by atoms with van der Waals surface area (Å²) in [5, 5.41) is 1.15. The van der Waals surface area contributed by atoms with E-state index in [9.17, 15) is 0 Å². The Kier molecular flexibility index (Phi) is 6.13. The van der Waals surface area contributed by atoms with Crippen LogP contribution in [0.5, 0.6) is 0 Å². The van der Waals surface area contributed by atoms with E-state index in [1.165, 1.54) is 5.56 Å². The zero-order valence-electron chi connectivity index (χ0n) is 17.6. The van der Waals surface area contributed by atoms with Crippen LogP contribution >= 0.6 is 10.0 Å². The predicted molar refractivity (Wildman–Crippen MR) is 123 cm³/mol. The molecule has 4 rings (SSSR count). The van der Waals surface area contributed by atoms with Gasteiger partial charge in [-0.05, 0) is 36.5 Å². The highest BCUT2D eigenvalue weighted by atomic mass is 32.3. The molecule has 0 aliphatic carbocycles. The molecule has 0 saturated carbocycles. The van der Waals surface area contributed by atoms with E-state index in [1.54, 1.807) is 0 Å². The van der Waals surface area contributed by atoms with Crippen LogP contribution < -0.4 is 4.90 Å². The molecule has 2 aromatic heterocycles. The van der Waals surface area contributed by atoms with Gasteiger partial charge >= 0.3 is 0 Å². The van der Waals surface area contributed by atoms with Gasteiger partial charge < -0.3 is 18.9 Å². The van der Waals surface area contributed by atoms with Crippen molar-refractivity contribution in [1.29, 1.82) is 0 Å². The normalized spacial score (nSPS) is 15.6. The van der Waals surface area contributed by atoms with Gasteiger partial charge in [-0.3, -0.25) is 0 Å². The summed E-state index contributed by atoms with van der Waals surface area (Å²) in [5.41, 5.74) is 3.36. The van der Waals surface area contributed by atoms with E-state index in [-0.39, 0.29) is 6.10 Å². The fourth-order valence-electron chi connectivity index (χ4n) is 3.36. The highest BCUT2D eigenvalue weighted by molar-refractivity contribution is 8.32. The fraction of sp³-hybridized carbons (Fsp3) is 0.435. The molecule has 0 unspecified atom stereocenters. The molecule has 3 aromatic rings. The first kappa shape index (κ1) is 20.3. The third-order valence-corrected chi connectivity index (χ3v) is 6.59. The van der Waals surface area contributed by atoms with Gasteiger partial charge in [-0.15, -0.1) is 0 Å². The molecule has 0 atom stereocenters. The molecule has 29 heavy (non-hydrogen) atoms. The molecule has 1 aliphatic rings. The molecule has 5 nitrogen and oxygen atoms in total. The number of nitrogens with zero attached hydrogens (tertiary/aromatic N) is 3. The Bertz CT molecular complexity index is 930. The van der Waals surface area contributed by atoms with Gasteiger partial charge in [-0.25, -0.2) is 15.0 Å². The Morgan fingerprint density at radius 1 is 1.10 bits per heavy atom. The SMILES string of the molecule is CS(C)(C)CCOCn1ccc2cc(N3CC(OCc4ccccc4)C3)cnc21. The Morgan fingerprint density at radius 3 is 2.66 bits per heavy atom. The Labute approximate surface area is 174 Å². The van der Waals surface area contributed by atoms with Crippen LogP contribution in [0.3, 0.4) is 0 Å². The first-order chi connectivity index (χ1) is 14.0. The van der Waals surface area contributed by atoms with Crippen molar-refractivity contribution in [3.63, 3.8) is 0 Å². The van der Waals surface area contributed by atoms with Crippen molar-refractivity contribution in [3.8, 4) is 0 Å². The lowest BCUT2D eigenvalue weighted by molar-refractivity contribution is 0.0224. The maximum Gasteiger partial charge on any atom is 0.141 e. The summed E-state index contributed by atoms with van der Waals surface area (Å²) in [6.07, 6.45) is 11.3. The van der Waals surface area contributed by atoms with E-state index < -0.39 is 10.0 Å². The average Bonchev–Trinajstić information content (AvgIpc) is 3.06. The summed E-state index contributed by atoms with van der Waals surface area (Å²) < 4.78 is 14.0. The number of anilines is 1. The highest BCUT2D eigenvalue weighted by Gasteiger charge is 2.28. The van der Waals surface area contributed by atoms with E-state index in [1.807, 2.05) is 12.3 Å². The van der Waals surface area contributed by atoms with E-state index in [2.05, 4.69) is 70.8 Å². The monoisotopic (exact) mass is 413 g/mol. The van der Waals surface area contributed by atoms with Crippen LogP contribution in [0.4, 0.5) is 5.69 Å². The molecule has 1 aliphatic heterocycles.